The van der Waals surface area contributed by atoms with E-state index in [1.54, 1.807) is 25.1 Å². The lowest BCUT2D eigenvalue weighted by molar-refractivity contribution is -0.392. The van der Waals surface area contributed by atoms with Crippen molar-refractivity contribution in [3.8, 4) is 0 Å². The van der Waals surface area contributed by atoms with Gasteiger partial charge in [-0.3, -0.25) is 10.1 Å². The molecule has 1 aromatic carbocycles. The molecule has 0 amide bonds. The summed E-state index contributed by atoms with van der Waals surface area (Å²) >= 11 is 0. The third-order valence-electron chi connectivity index (χ3n) is 2.74. The highest BCUT2D eigenvalue weighted by molar-refractivity contribution is 5.40. The smallest absolute Gasteiger partial charge is 0.343 e. The van der Waals surface area contributed by atoms with Gasteiger partial charge in [0, 0.05) is 13.0 Å². The summed E-state index contributed by atoms with van der Waals surface area (Å²) in [6.45, 7) is 1.65. The molecule has 0 saturated heterocycles. The van der Waals surface area contributed by atoms with E-state index in [-0.39, 0.29) is 18.1 Å². The van der Waals surface area contributed by atoms with Crippen LogP contribution in [-0.4, -0.2) is 19.4 Å². The number of benzene rings is 1. The summed E-state index contributed by atoms with van der Waals surface area (Å²) in [5.74, 6) is 0.250. The van der Waals surface area contributed by atoms with Gasteiger partial charge in [0.15, 0.2) is 5.82 Å². The zero-order valence-corrected chi connectivity index (χ0v) is 10.0. The average molecular weight is 262 g/mol. The highest BCUT2D eigenvalue weighted by atomic mass is 16.6. The van der Waals surface area contributed by atoms with Crippen LogP contribution in [0.15, 0.2) is 30.5 Å². The number of hydrogen-bond acceptors (Lipinski definition) is 5. The van der Waals surface area contributed by atoms with E-state index in [1.807, 2.05) is 0 Å². The molecule has 0 aliphatic carbocycles. The van der Waals surface area contributed by atoms with Gasteiger partial charge in [-0.1, -0.05) is 12.1 Å². The fourth-order valence-electron chi connectivity index (χ4n) is 1.79. The second-order valence-electron chi connectivity index (χ2n) is 3.89. The fraction of sp³-hybridized carbons (Fsp3) is 0.182. The van der Waals surface area contributed by atoms with Gasteiger partial charge < -0.3 is 10.1 Å². The Balaban J connectivity index is 2.45. The number of nitro groups is 2. The Morgan fingerprint density at radius 2 is 1.89 bits per heavy atom. The Morgan fingerprint density at radius 1 is 1.21 bits per heavy atom. The summed E-state index contributed by atoms with van der Waals surface area (Å²) in [5, 5.41) is 21.8. The van der Waals surface area contributed by atoms with Gasteiger partial charge in [-0.15, -0.1) is 0 Å². The monoisotopic (exact) mass is 262 g/mol. The van der Waals surface area contributed by atoms with Crippen LogP contribution in [0, 0.1) is 27.2 Å². The average Bonchev–Trinajstić information content (AvgIpc) is 2.72. The topological polar surface area (TPSA) is 104 Å². The minimum absolute atomic E-state index is 0.0410. The van der Waals surface area contributed by atoms with Crippen LogP contribution in [0.4, 0.5) is 11.5 Å². The molecule has 1 aromatic heterocycles. The number of rotatable bonds is 4. The van der Waals surface area contributed by atoms with Gasteiger partial charge >= 0.3 is 5.82 Å². The van der Waals surface area contributed by atoms with Crippen LogP contribution in [0.3, 0.4) is 0 Å². The Labute approximate surface area is 107 Å². The van der Waals surface area contributed by atoms with Gasteiger partial charge in [0.05, 0.1) is 10.5 Å². The van der Waals surface area contributed by atoms with Gasteiger partial charge in [0.25, 0.3) is 5.69 Å². The summed E-state index contributed by atoms with van der Waals surface area (Å²) < 4.78 is 1.34. The van der Waals surface area contributed by atoms with Crippen molar-refractivity contribution in [3.05, 3.63) is 62.1 Å². The maximum absolute atomic E-state index is 10.9. The van der Waals surface area contributed by atoms with Crippen molar-refractivity contribution in [3.63, 3.8) is 0 Å². The molecule has 98 valence electrons. The van der Waals surface area contributed by atoms with Gasteiger partial charge in [0.2, 0.25) is 0 Å². The minimum Gasteiger partial charge on any atom is -0.358 e. The van der Waals surface area contributed by atoms with E-state index in [0.717, 1.165) is 6.20 Å². The molecule has 0 bridgehead atoms. The molecule has 19 heavy (non-hydrogen) atoms. The number of aromatic nitrogens is 2. The largest absolute Gasteiger partial charge is 0.358 e. The van der Waals surface area contributed by atoms with E-state index < -0.39 is 9.85 Å². The molecule has 0 saturated carbocycles. The van der Waals surface area contributed by atoms with Gasteiger partial charge in [-0.25, -0.2) is 9.55 Å². The standard InChI is InChI=1S/C11H10N4O4/c1-8-12-6-11(15(18)19)13(8)7-9-4-2-3-5-10(9)14(16)17/h2-6H,7H2,1H3. The Bertz CT molecular complexity index is 650. The first-order chi connectivity index (χ1) is 9.00. The Morgan fingerprint density at radius 3 is 2.53 bits per heavy atom. The number of imidazole rings is 1. The summed E-state index contributed by atoms with van der Waals surface area (Å²) in [7, 11) is 0. The quantitative estimate of drug-likeness (QED) is 0.619. The van der Waals surface area contributed by atoms with Gasteiger partial charge in [-0.05, 0) is 11.0 Å². The molecule has 0 atom stereocenters. The molecule has 8 heteroatoms. The molecule has 0 spiro atoms. The maximum Gasteiger partial charge on any atom is 0.343 e. The van der Waals surface area contributed by atoms with E-state index in [4.69, 9.17) is 0 Å². The highest BCUT2D eigenvalue weighted by Gasteiger charge is 2.21. The first-order valence-corrected chi connectivity index (χ1v) is 5.39. The molecular weight excluding hydrogens is 252 g/mol. The summed E-state index contributed by atoms with van der Waals surface area (Å²) in [6, 6.07) is 6.14. The van der Waals surface area contributed by atoms with Crippen molar-refractivity contribution in [1.82, 2.24) is 9.55 Å². The maximum atomic E-state index is 10.9. The molecule has 2 aromatic rings. The zero-order chi connectivity index (χ0) is 14.0. The van der Waals surface area contributed by atoms with Crippen LogP contribution in [0.25, 0.3) is 0 Å². The van der Waals surface area contributed by atoms with Crippen LogP contribution in [0.2, 0.25) is 0 Å². The molecule has 0 N–H and O–H groups in total. The predicted octanol–water partition coefficient (Wildman–Crippen LogP) is 2.06. The molecule has 0 aliphatic heterocycles. The van der Waals surface area contributed by atoms with Crippen molar-refractivity contribution >= 4 is 11.5 Å². The summed E-state index contributed by atoms with van der Waals surface area (Å²) in [4.78, 5) is 24.5. The number of nitrogens with zero attached hydrogens (tertiary/aromatic N) is 4. The summed E-state index contributed by atoms with van der Waals surface area (Å²) in [6.07, 6.45) is 1.14. The van der Waals surface area contributed by atoms with Crippen molar-refractivity contribution in [2.45, 2.75) is 13.5 Å². The van der Waals surface area contributed by atoms with E-state index in [9.17, 15) is 20.2 Å². The number of nitro benzene ring substituents is 1. The molecule has 0 radical (unpaired) electrons. The van der Waals surface area contributed by atoms with Crippen molar-refractivity contribution in [2.75, 3.05) is 0 Å². The van der Waals surface area contributed by atoms with Crippen LogP contribution < -0.4 is 0 Å². The number of para-hydroxylation sites is 1. The molecule has 0 unspecified atom stereocenters. The van der Waals surface area contributed by atoms with E-state index in [2.05, 4.69) is 4.98 Å². The molecular formula is C11H10N4O4. The number of aryl methyl sites for hydroxylation is 1. The normalized spacial score (nSPS) is 10.4. The highest BCUT2D eigenvalue weighted by Crippen LogP contribution is 2.22. The van der Waals surface area contributed by atoms with Crippen molar-refractivity contribution in [2.24, 2.45) is 0 Å². The third-order valence-corrected chi connectivity index (χ3v) is 2.74. The summed E-state index contributed by atoms with van der Waals surface area (Å²) in [5.41, 5.74) is 0.335. The van der Waals surface area contributed by atoms with Crippen LogP contribution in [0.5, 0.6) is 0 Å². The van der Waals surface area contributed by atoms with Crippen LogP contribution in [-0.2, 0) is 6.54 Å². The Kier molecular flexibility index (Phi) is 3.23. The van der Waals surface area contributed by atoms with E-state index in [0.29, 0.717) is 11.4 Å². The second-order valence-corrected chi connectivity index (χ2v) is 3.89. The SMILES string of the molecule is Cc1ncc([N+](=O)[O-])n1Cc1ccccc1[N+](=O)[O-]. The van der Waals surface area contributed by atoms with Gasteiger partial charge in [0.1, 0.15) is 12.7 Å². The number of hydrogen-bond donors (Lipinski definition) is 0. The molecule has 8 nitrogen and oxygen atoms in total. The van der Waals surface area contributed by atoms with E-state index in [1.165, 1.54) is 10.6 Å². The van der Waals surface area contributed by atoms with Crippen molar-refractivity contribution in [1.29, 1.82) is 0 Å². The van der Waals surface area contributed by atoms with Crippen molar-refractivity contribution < 1.29 is 9.85 Å². The first-order valence-electron chi connectivity index (χ1n) is 5.39. The molecule has 2 rings (SSSR count). The lowest BCUT2D eigenvalue weighted by Crippen LogP contribution is -2.07. The van der Waals surface area contributed by atoms with E-state index >= 15 is 0 Å². The lowest BCUT2D eigenvalue weighted by Gasteiger charge is -2.03. The van der Waals surface area contributed by atoms with Crippen LogP contribution >= 0.6 is 0 Å². The molecule has 1 heterocycles. The third kappa shape index (κ3) is 2.41. The first kappa shape index (κ1) is 12.7. The Hall–Kier alpha value is -2.77. The molecule has 0 aliphatic rings. The zero-order valence-electron chi connectivity index (χ0n) is 10.0. The molecule has 0 fully saturated rings. The predicted molar refractivity (Wildman–Crippen MR) is 65.8 cm³/mol. The minimum atomic E-state index is -0.561. The fourth-order valence-corrected chi connectivity index (χ4v) is 1.79. The van der Waals surface area contributed by atoms with Gasteiger partial charge in [-0.2, -0.15) is 0 Å². The second kappa shape index (κ2) is 4.84. The van der Waals surface area contributed by atoms with Crippen LogP contribution in [0.1, 0.15) is 11.4 Å². The lowest BCUT2D eigenvalue weighted by atomic mass is 10.2.